The normalized spacial score (nSPS) is 14.7. The molecule has 0 saturated carbocycles. The van der Waals surface area contributed by atoms with Crippen LogP contribution in [0.5, 0.6) is 0 Å². The minimum Gasteiger partial charge on any atom is -0.351 e. The molecule has 0 amide bonds. The molecule has 0 fully saturated rings. The molecule has 0 bridgehead atoms. The van der Waals surface area contributed by atoms with Crippen LogP contribution in [0.4, 0.5) is 13.2 Å². The molecule has 2 rings (SSSR count). The summed E-state index contributed by atoms with van der Waals surface area (Å²) in [5, 5.41) is 0. The van der Waals surface area contributed by atoms with Crippen LogP contribution in [0.2, 0.25) is 0 Å². The van der Waals surface area contributed by atoms with Crippen LogP contribution in [0.1, 0.15) is 29.7 Å². The summed E-state index contributed by atoms with van der Waals surface area (Å²) >= 11 is 0. The fraction of sp³-hybridized carbons (Fsp3) is 0.250. The van der Waals surface area contributed by atoms with Crippen molar-refractivity contribution >= 4 is 0 Å². The zero-order valence-electron chi connectivity index (χ0n) is 11.5. The van der Waals surface area contributed by atoms with Crippen molar-refractivity contribution in [1.82, 2.24) is 0 Å². The van der Waals surface area contributed by atoms with E-state index in [1.54, 1.807) is 6.92 Å². The van der Waals surface area contributed by atoms with Gasteiger partial charge in [-0.1, -0.05) is 42.5 Å². The molecule has 0 radical (unpaired) electrons. The molecule has 2 atom stereocenters. The molecule has 0 saturated heterocycles. The third-order valence-electron chi connectivity index (χ3n) is 2.99. The molecule has 0 aliphatic heterocycles. The lowest BCUT2D eigenvalue weighted by Crippen LogP contribution is -2.23. The molecule has 0 aromatic heterocycles. The molecule has 21 heavy (non-hydrogen) atoms. The number of hydrogen-bond donors (Lipinski definition) is 1. The molecule has 2 N–H and O–H groups in total. The van der Waals surface area contributed by atoms with Gasteiger partial charge < -0.3 is 10.5 Å². The van der Waals surface area contributed by atoms with Crippen LogP contribution >= 0.6 is 0 Å². The van der Waals surface area contributed by atoms with E-state index in [1.807, 2.05) is 30.3 Å². The SMILES string of the molecule is CC(N)OC(c1ccccc1)c1ccc(C(F)(F)F)cc1. The Morgan fingerprint density at radius 1 is 0.905 bits per heavy atom. The van der Waals surface area contributed by atoms with Crippen molar-refractivity contribution in [2.24, 2.45) is 5.73 Å². The van der Waals surface area contributed by atoms with Crippen LogP contribution in [0.3, 0.4) is 0 Å². The minimum atomic E-state index is -4.34. The predicted octanol–water partition coefficient (Wildman–Crippen LogP) is 4.12. The number of halogens is 3. The number of ether oxygens (including phenoxy) is 1. The van der Waals surface area contributed by atoms with Gasteiger partial charge >= 0.3 is 6.18 Å². The van der Waals surface area contributed by atoms with E-state index < -0.39 is 24.1 Å². The standard InChI is InChI=1S/C16H16F3NO/c1-11(20)21-15(12-5-3-2-4-6-12)13-7-9-14(10-8-13)16(17,18)19/h2-11,15H,20H2,1H3. The van der Waals surface area contributed by atoms with E-state index in [4.69, 9.17) is 10.5 Å². The number of hydrogen-bond acceptors (Lipinski definition) is 2. The van der Waals surface area contributed by atoms with E-state index in [0.29, 0.717) is 5.56 Å². The van der Waals surface area contributed by atoms with Crippen molar-refractivity contribution in [2.45, 2.75) is 25.4 Å². The van der Waals surface area contributed by atoms with Gasteiger partial charge in [0, 0.05) is 0 Å². The first-order chi connectivity index (χ1) is 9.88. The quantitative estimate of drug-likeness (QED) is 0.861. The Morgan fingerprint density at radius 3 is 1.90 bits per heavy atom. The summed E-state index contributed by atoms with van der Waals surface area (Å²) in [6.45, 7) is 1.68. The molecule has 0 spiro atoms. The van der Waals surface area contributed by atoms with Gasteiger partial charge in [0.25, 0.3) is 0 Å². The number of benzene rings is 2. The van der Waals surface area contributed by atoms with Crippen LogP contribution in [0.25, 0.3) is 0 Å². The monoisotopic (exact) mass is 295 g/mol. The van der Waals surface area contributed by atoms with Gasteiger partial charge in [-0.05, 0) is 30.2 Å². The minimum absolute atomic E-state index is 0.492. The number of nitrogens with two attached hydrogens (primary N) is 1. The summed E-state index contributed by atoms with van der Waals surface area (Å²) in [6.07, 6.45) is -5.37. The van der Waals surface area contributed by atoms with Gasteiger partial charge in [0.1, 0.15) is 12.3 Å². The Hall–Kier alpha value is -1.85. The van der Waals surface area contributed by atoms with E-state index in [9.17, 15) is 13.2 Å². The molecular formula is C16H16F3NO. The first-order valence-electron chi connectivity index (χ1n) is 6.51. The van der Waals surface area contributed by atoms with Crippen LogP contribution in [0, 0.1) is 0 Å². The highest BCUT2D eigenvalue weighted by atomic mass is 19.4. The Morgan fingerprint density at radius 2 is 1.43 bits per heavy atom. The van der Waals surface area contributed by atoms with E-state index in [-0.39, 0.29) is 0 Å². The van der Waals surface area contributed by atoms with E-state index in [0.717, 1.165) is 17.7 Å². The molecule has 2 aromatic rings. The van der Waals surface area contributed by atoms with Crippen LogP contribution in [-0.2, 0) is 10.9 Å². The molecule has 2 aromatic carbocycles. The first-order valence-corrected chi connectivity index (χ1v) is 6.51. The molecule has 112 valence electrons. The molecule has 0 aliphatic rings. The van der Waals surface area contributed by atoms with Crippen molar-refractivity contribution in [3.63, 3.8) is 0 Å². The maximum absolute atomic E-state index is 12.6. The summed E-state index contributed by atoms with van der Waals surface area (Å²) in [5.74, 6) is 0. The number of rotatable bonds is 4. The molecule has 2 nitrogen and oxygen atoms in total. The fourth-order valence-electron chi connectivity index (χ4n) is 2.04. The van der Waals surface area contributed by atoms with Crippen LogP contribution in [-0.4, -0.2) is 6.23 Å². The second-order valence-corrected chi connectivity index (χ2v) is 4.75. The van der Waals surface area contributed by atoms with E-state index in [2.05, 4.69) is 0 Å². The second-order valence-electron chi connectivity index (χ2n) is 4.75. The van der Waals surface area contributed by atoms with Crippen molar-refractivity contribution < 1.29 is 17.9 Å². The van der Waals surface area contributed by atoms with E-state index in [1.165, 1.54) is 12.1 Å². The molecule has 5 heteroatoms. The maximum Gasteiger partial charge on any atom is 0.416 e. The fourth-order valence-corrected chi connectivity index (χ4v) is 2.04. The predicted molar refractivity (Wildman–Crippen MR) is 74.5 cm³/mol. The van der Waals surface area contributed by atoms with Crippen LogP contribution < -0.4 is 5.73 Å². The zero-order valence-corrected chi connectivity index (χ0v) is 11.5. The third-order valence-corrected chi connectivity index (χ3v) is 2.99. The van der Waals surface area contributed by atoms with Crippen molar-refractivity contribution in [2.75, 3.05) is 0 Å². The topological polar surface area (TPSA) is 35.2 Å². The van der Waals surface area contributed by atoms with Gasteiger partial charge in [-0.2, -0.15) is 13.2 Å². The van der Waals surface area contributed by atoms with Crippen LogP contribution in [0.15, 0.2) is 54.6 Å². The number of alkyl halides is 3. The second kappa shape index (κ2) is 6.28. The summed E-state index contributed by atoms with van der Waals surface area (Å²) in [5.41, 5.74) is 6.46. The third kappa shape index (κ3) is 4.06. The van der Waals surface area contributed by atoms with Gasteiger partial charge in [-0.25, -0.2) is 0 Å². The van der Waals surface area contributed by atoms with Gasteiger partial charge in [0.2, 0.25) is 0 Å². The largest absolute Gasteiger partial charge is 0.416 e. The highest BCUT2D eigenvalue weighted by molar-refractivity contribution is 5.33. The smallest absolute Gasteiger partial charge is 0.351 e. The summed E-state index contributed by atoms with van der Waals surface area (Å²) in [4.78, 5) is 0. The van der Waals surface area contributed by atoms with Gasteiger partial charge in [0.05, 0.1) is 5.56 Å². The average molecular weight is 295 g/mol. The van der Waals surface area contributed by atoms with Gasteiger partial charge in [-0.15, -0.1) is 0 Å². The Kier molecular flexibility index (Phi) is 4.65. The zero-order chi connectivity index (χ0) is 15.5. The van der Waals surface area contributed by atoms with Crippen molar-refractivity contribution in [1.29, 1.82) is 0 Å². The Labute approximate surface area is 121 Å². The van der Waals surface area contributed by atoms with E-state index >= 15 is 0 Å². The lowest BCUT2D eigenvalue weighted by atomic mass is 10.00. The molecule has 0 heterocycles. The average Bonchev–Trinajstić information content (AvgIpc) is 2.45. The van der Waals surface area contributed by atoms with Gasteiger partial charge in [0.15, 0.2) is 0 Å². The summed E-state index contributed by atoms with van der Waals surface area (Å²) in [6, 6.07) is 14.2. The highest BCUT2D eigenvalue weighted by Gasteiger charge is 2.30. The lowest BCUT2D eigenvalue weighted by Gasteiger charge is -2.21. The molecule has 2 unspecified atom stereocenters. The highest BCUT2D eigenvalue weighted by Crippen LogP contribution is 2.32. The summed E-state index contributed by atoms with van der Waals surface area (Å²) < 4.78 is 43.5. The maximum atomic E-state index is 12.6. The molecule has 0 aliphatic carbocycles. The Bertz CT molecular complexity index is 564. The lowest BCUT2D eigenvalue weighted by molar-refractivity contribution is -0.137. The first kappa shape index (κ1) is 15.5. The molecular weight excluding hydrogens is 279 g/mol. The Balaban J connectivity index is 2.33. The van der Waals surface area contributed by atoms with Crippen molar-refractivity contribution in [3.05, 3.63) is 71.3 Å². The summed E-state index contributed by atoms with van der Waals surface area (Å²) in [7, 11) is 0. The van der Waals surface area contributed by atoms with Crippen molar-refractivity contribution in [3.8, 4) is 0 Å². The van der Waals surface area contributed by atoms with Gasteiger partial charge in [-0.3, -0.25) is 0 Å².